The second-order valence-corrected chi connectivity index (χ2v) is 5.44. The minimum absolute atomic E-state index is 0.150. The molecule has 1 fully saturated rings. The van der Waals surface area contributed by atoms with E-state index >= 15 is 0 Å². The van der Waals surface area contributed by atoms with Crippen LogP contribution in [-0.4, -0.2) is 58.2 Å². The van der Waals surface area contributed by atoms with Crippen molar-refractivity contribution in [2.45, 2.75) is 38.3 Å². The van der Waals surface area contributed by atoms with Crippen LogP contribution in [0.2, 0.25) is 0 Å². The van der Waals surface area contributed by atoms with E-state index in [0.717, 1.165) is 0 Å². The molecule has 1 aliphatic carbocycles. The third kappa shape index (κ3) is 3.77. The highest BCUT2D eigenvalue weighted by molar-refractivity contribution is 5.32. The van der Waals surface area contributed by atoms with Crippen molar-refractivity contribution in [2.75, 3.05) is 37.9 Å². The highest BCUT2D eigenvalue weighted by Gasteiger charge is 2.23. The molecule has 0 radical (unpaired) electrons. The van der Waals surface area contributed by atoms with Crippen molar-refractivity contribution in [1.29, 1.82) is 0 Å². The fraction of sp³-hybridized carbons (Fsp3) is 0.769. The second kappa shape index (κ2) is 6.81. The lowest BCUT2D eigenvalue weighted by molar-refractivity contribution is 0.142. The Kier molecular flexibility index (Phi) is 5.08. The van der Waals surface area contributed by atoms with Gasteiger partial charge in [0.2, 0.25) is 11.9 Å². The van der Waals surface area contributed by atoms with Crippen LogP contribution in [0, 0.1) is 0 Å². The van der Waals surface area contributed by atoms with Gasteiger partial charge in [0.25, 0.3) is 0 Å². The lowest BCUT2D eigenvalue weighted by Crippen LogP contribution is -2.36. The Morgan fingerprint density at radius 2 is 1.90 bits per heavy atom. The maximum Gasteiger partial charge on any atom is 0.229 e. The van der Waals surface area contributed by atoms with Crippen LogP contribution in [0.4, 0.5) is 11.9 Å². The molecule has 0 aromatic carbocycles. The lowest BCUT2D eigenvalue weighted by Gasteiger charge is -2.27. The van der Waals surface area contributed by atoms with Gasteiger partial charge in [-0.1, -0.05) is 12.8 Å². The Hall–Kier alpha value is -1.47. The Morgan fingerprint density at radius 3 is 2.50 bits per heavy atom. The highest BCUT2D eigenvalue weighted by atomic mass is 16.3. The van der Waals surface area contributed by atoms with Crippen molar-refractivity contribution < 1.29 is 5.11 Å². The van der Waals surface area contributed by atoms with E-state index in [1.165, 1.54) is 25.7 Å². The average Bonchev–Trinajstić information content (AvgIpc) is 2.91. The predicted octanol–water partition coefficient (Wildman–Crippen LogP) is 0.257. The molecule has 1 aromatic heterocycles. The van der Waals surface area contributed by atoms with Gasteiger partial charge in [-0.15, -0.1) is 0 Å². The third-order valence-corrected chi connectivity index (χ3v) is 3.66. The van der Waals surface area contributed by atoms with Gasteiger partial charge in [-0.25, -0.2) is 0 Å². The molecule has 0 spiro atoms. The highest BCUT2D eigenvalue weighted by Crippen LogP contribution is 2.24. The van der Waals surface area contributed by atoms with Gasteiger partial charge in [0.05, 0.1) is 13.2 Å². The number of hydrogen-bond donors (Lipinski definition) is 2. The van der Waals surface area contributed by atoms with E-state index in [2.05, 4.69) is 19.9 Å². The van der Waals surface area contributed by atoms with Crippen molar-refractivity contribution in [3.05, 3.63) is 5.82 Å². The first-order valence-corrected chi connectivity index (χ1v) is 7.13. The molecule has 1 heterocycles. The second-order valence-electron chi connectivity index (χ2n) is 5.44. The molecular formula is C13H24N6O. The summed E-state index contributed by atoms with van der Waals surface area (Å²) in [5.74, 6) is 1.48. The van der Waals surface area contributed by atoms with Crippen molar-refractivity contribution in [3.63, 3.8) is 0 Å². The van der Waals surface area contributed by atoms with Gasteiger partial charge in [-0.2, -0.15) is 15.0 Å². The van der Waals surface area contributed by atoms with E-state index in [0.29, 0.717) is 30.9 Å². The van der Waals surface area contributed by atoms with Crippen molar-refractivity contribution >= 4 is 11.9 Å². The van der Waals surface area contributed by atoms with Crippen LogP contribution in [0.3, 0.4) is 0 Å². The molecule has 1 aliphatic rings. The Morgan fingerprint density at radius 1 is 1.20 bits per heavy atom. The minimum Gasteiger partial charge on any atom is -0.395 e. The quantitative estimate of drug-likeness (QED) is 0.772. The van der Waals surface area contributed by atoms with Gasteiger partial charge in [-0.3, -0.25) is 4.90 Å². The van der Waals surface area contributed by atoms with Crippen LogP contribution in [0.1, 0.15) is 31.5 Å². The SMILES string of the molecule is CN(C)c1nc(N)nc(CN(CCO)C2CCCC2)n1. The summed E-state index contributed by atoms with van der Waals surface area (Å²) >= 11 is 0. The van der Waals surface area contributed by atoms with Gasteiger partial charge in [0.1, 0.15) is 5.82 Å². The van der Waals surface area contributed by atoms with Crippen LogP contribution < -0.4 is 10.6 Å². The van der Waals surface area contributed by atoms with Crippen LogP contribution in [-0.2, 0) is 6.54 Å². The van der Waals surface area contributed by atoms with Gasteiger partial charge in [0, 0.05) is 26.7 Å². The fourth-order valence-corrected chi connectivity index (χ4v) is 2.67. The van der Waals surface area contributed by atoms with Crippen LogP contribution in [0.25, 0.3) is 0 Å². The first-order valence-electron chi connectivity index (χ1n) is 7.13. The normalized spacial score (nSPS) is 16.0. The maximum atomic E-state index is 9.24. The molecular weight excluding hydrogens is 256 g/mol. The van der Waals surface area contributed by atoms with Crippen molar-refractivity contribution in [2.24, 2.45) is 0 Å². The van der Waals surface area contributed by atoms with E-state index in [-0.39, 0.29) is 12.6 Å². The molecule has 7 heteroatoms. The van der Waals surface area contributed by atoms with Gasteiger partial charge >= 0.3 is 0 Å². The number of nitrogens with zero attached hydrogens (tertiary/aromatic N) is 5. The number of aliphatic hydroxyl groups is 1. The van der Waals surface area contributed by atoms with Gasteiger partial charge < -0.3 is 15.7 Å². The topological polar surface area (TPSA) is 91.4 Å². The third-order valence-electron chi connectivity index (χ3n) is 3.66. The standard InChI is InChI=1S/C13H24N6O/c1-18(2)13-16-11(15-12(14)17-13)9-19(7-8-20)10-5-3-4-6-10/h10,20H,3-9H2,1-2H3,(H2,14,15,16,17). The number of nitrogen functional groups attached to an aromatic ring is 1. The molecule has 112 valence electrons. The Balaban J connectivity index is 2.12. The van der Waals surface area contributed by atoms with Crippen molar-refractivity contribution in [1.82, 2.24) is 19.9 Å². The molecule has 1 saturated carbocycles. The summed E-state index contributed by atoms with van der Waals surface area (Å²) in [4.78, 5) is 16.8. The molecule has 0 atom stereocenters. The molecule has 3 N–H and O–H groups in total. The number of nitrogens with two attached hydrogens (primary N) is 1. The monoisotopic (exact) mass is 280 g/mol. The average molecular weight is 280 g/mol. The van der Waals surface area contributed by atoms with Crippen LogP contribution in [0.5, 0.6) is 0 Å². The van der Waals surface area contributed by atoms with Gasteiger partial charge in [-0.05, 0) is 12.8 Å². The minimum atomic E-state index is 0.150. The van der Waals surface area contributed by atoms with Gasteiger partial charge in [0.15, 0.2) is 0 Å². The lowest BCUT2D eigenvalue weighted by atomic mass is 10.2. The van der Waals surface area contributed by atoms with Crippen LogP contribution >= 0.6 is 0 Å². The van der Waals surface area contributed by atoms with E-state index in [1.54, 1.807) is 0 Å². The summed E-state index contributed by atoms with van der Waals surface area (Å²) in [6, 6.07) is 0.517. The number of aliphatic hydroxyl groups excluding tert-OH is 1. The summed E-state index contributed by atoms with van der Waals surface area (Å²) < 4.78 is 0. The molecule has 0 aliphatic heterocycles. The summed E-state index contributed by atoms with van der Waals surface area (Å²) in [5.41, 5.74) is 5.74. The number of hydrogen-bond acceptors (Lipinski definition) is 7. The summed E-state index contributed by atoms with van der Waals surface area (Å²) in [6.07, 6.45) is 4.88. The number of aromatic nitrogens is 3. The summed E-state index contributed by atoms with van der Waals surface area (Å²) in [6.45, 7) is 1.41. The van der Waals surface area contributed by atoms with E-state index in [1.807, 2.05) is 19.0 Å². The first-order chi connectivity index (χ1) is 9.60. The van der Waals surface area contributed by atoms with Crippen LogP contribution in [0.15, 0.2) is 0 Å². The van der Waals surface area contributed by atoms with Crippen molar-refractivity contribution in [3.8, 4) is 0 Å². The molecule has 0 bridgehead atoms. The zero-order valence-electron chi connectivity index (χ0n) is 12.3. The van der Waals surface area contributed by atoms with E-state index in [4.69, 9.17) is 5.73 Å². The molecule has 20 heavy (non-hydrogen) atoms. The largest absolute Gasteiger partial charge is 0.395 e. The fourth-order valence-electron chi connectivity index (χ4n) is 2.67. The zero-order chi connectivity index (χ0) is 14.5. The number of anilines is 2. The first kappa shape index (κ1) is 14.9. The summed E-state index contributed by atoms with van der Waals surface area (Å²) in [7, 11) is 3.75. The predicted molar refractivity (Wildman–Crippen MR) is 78.3 cm³/mol. The summed E-state index contributed by atoms with van der Waals surface area (Å²) in [5, 5.41) is 9.24. The van der Waals surface area contributed by atoms with E-state index < -0.39 is 0 Å². The molecule has 7 nitrogen and oxygen atoms in total. The maximum absolute atomic E-state index is 9.24. The molecule has 0 saturated heterocycles. The number of rotatable bonds is 6. The Labute approximate surface area is 119 Å². The molecule has 1 aromatic rings. The molecule has 0 amide bonds. The molecule has 0 unspecified atom stereocenters. The molecule has 2 rings (SSSR count). The smallest absolute Gasteiger partial charge is 0.229 e. The zero-order valence-corrected chi connectivity index (χ0v) is 12.3. The van der Waals surface area contributed by atoms with E-state index in [9.17, 15) is 5.11 Å². The Bertz CT molecular complexity index is 433.